The summed E-state index contributed by atoms with van der Waals surface area (Å²) in [7, 11) is 0. The van der Waals surface area contributed by atoms with E-state index < -0.39 is 29.6 Å². The molecule has 0 spiro atoms. The molecule has 4 aliphatic carbocycles. The number of carbonyl (C=O) groups excluding carboxylic acids is 5. The van der Waals surface area contributed by atoms with E-state index in [2.05, 4.69) is 6.92 Å². The lowest BCUT2D eigenvalue weighted by Crippen LogP contribution is -2.57. The Kier molecular flexibility index (Phi) is 6.98. The minimum Gasteiger partial charge on any atom is -0.458 e. The van der Waals surface area contributed by atoms with Crippen LogP contribution in [0.5, 0.6) is 0 Å². The Labute approximate surface area is 229 Å². The predicted molar refractivity (Wildman–Crippen MR) is 143 cm³/mol. The monoisotopic (exact) mass is 532 g/mol. The second-order valence-electron chi connectivity index (χ2n) is 11.8. The van der Waals surface area contributed by atoms with Gasteiger partial charge in [0.15, 0.2) is 23.8 Å². The maximum absolute atomic E-state index is 13.6. The van der Waals surface area contributed by atoms with Gasteiger partial charge in [-0.05, 0) is 80.1 Å². The van der Waals surface area contributed by atoms with Crippen molar-refractivity contribution in [2.24, 2.45) is 17.3 Å². The smallest absolute Gasteiger partial charge is 0.303 e. The minimum atomic E-state index is -1.32. The standard InChI is InChI=1S/C32H36O7/c1-18(33)21-5-7-22(8-6-21)27-16-24(36)15-23-9-10-25-26(30(23)27)11-13-31(4)28(25)12-14-32(31,39-20(3)35)29(37)17-38-19(2)34/h5-8,15,25,27-28H,9-14,16-17H2,1-4H3/t25-,27?,28+,31+,32+/m1/s1. The van der Waals surface area contributed by atoms with Gasteiger partial charge in [0.2, 0.25) is 5.78 Å². The number of allylic oxidation sites excluding steroid dienone is 4. The van der Waals surface area contributed by atoms with Crippen LogP contribution in [-0.2, 0) is 28.7 Å². The third-order valence-electron chi connectivity index (χ3n) is 9.80. The fraction of sp³-hybridized carbons (Fsp3) is 0.531. The van der Waals surface area contributed by atoms with Crippen LogP contribution in [0.1, 0.15) is 94.5 Å². The number of rotatable bonds is 6. The van der Waals surface area contributed by atoms with Crippen LogP contribution in [0.3, 0.4) is 0 Å². The van der Waals surface area contributed by atoms with Gasteiger partial charge < -0.3 is 9.47 Å². The first-order chi connectivity index (χ1) is 18.5. The van der Waals surface area contributed by atoms with Gasteiger partial charge in [-0.2, -0.15) is 0 Å². The number of benzene rings is 1. The van der Waals surface area contributed by atoms with Crippen LogP contribution in [0.25, 0.3) is 0 Å². The van der Waals surface area contributed by atoms with E-state index >= 15 is 0 Å². The van der Waals surface area contributed by atoms with Crippen LogP contribution in [0, 0.1) is 17.3 Å². The summed E-state index contributed by atoms with van der Waals surface area (Å²) in [6, 6.07) is 7.61. The van der Waals surface area contributed by atoms with E-state index in [1.807, 2.05) is 30.3 Å². The summed E-state index contributed by atoms with van der Waals surface area (Å²) < 4.78 is 11.0. The number of fused-ring (bicyclic) bond motifs is 4. The largest absolute Gasteiger partial charge is 0.458 e. The second-order valence-corrected chi connectivity index (χ2v) is 11.8. The van der Waals surface area contributed by atoms with E-state index in [1.54, 1.807) is 6.92 Å². The molecule has 5 rings (SSSR count). The Balaban J connectivity index is 1.54. The van der Waals surface area contributed by atoms with Crippen molar-refractivity contribution in [3.8, 4) is 0 Å². The van der Waals surface area contributed by atoms with Crippen molar-refractivity contribution in [2.75, 3.05) is 6.61 Å². The average Bonchev–Trinajstić information content (AvgIpc) is 3.18. The number of ketones is 3. The summed E-state index contributed by atoms with van der Waals surface area (Å²) in [6.07, 6.45) is 6.40. The van der Waals surface area contributed by atoms with Crippen LogP contribution in [0.15, 0.2) is 47.1 Å². The molecule has 0 aromatic heterocycles. The number of ether oxygens (including phenoxy) is 2. The molecule has 0 bridgehead atoms. The minimum absolute atomic E-state index is 0.00827. The molecule has 0 radical (unpaired) electrons. The third kappa shape index (κ3) is 4.50. The normalized spacial score (nSPS) is 31.4. The van der Waals surface area contributed by atoms with Crippen molar-refractivity contribution in [2.45, 2.75) is 84.2 Å². The van der Waals surface area contributed by atoms with Crippen LogP contribution in [0.2, 0.25) is 0 Å². The Morgan fingerprint density at radius 1 is 0.949 bits per heavy atom. The van der Waals surface area contributed by atoms with E-state index in [0.717, 1.165) is 36.8 Å². The van der Waals surface area contributed by atoms with E-state index in [9.17, 15) is 24.0 Å². The molecule has 2 fully saturated rings. The zero-order valence-electron chi connectivity index (χ0n) is 23.1. The Bertz CT molecular complexity index is 1320. The first kappa shape index (κ1) is 27.2. The lowest BCUT2D eigenvalue weighted by atomic mass is 9.53. The van der Waals surface area contributed by atoms with Gasteiger partial charge in [-0.1, -0.05) is 36.8 Å². The predicted octanol–water partition coefficient (Wildman–Crippen LogP) is 5.22. The van der Waals surface area contributed by atoms with E-state index in [-0.39, 0.29) is 35.1 Å². The first-order valence-electron chi connectivity index (χ1n) is 13.9. The molecule has 0 amide bonds. The maximum atomic E-state index is 13.6. The average molecular weight is 533 g/mol. The Morgan fingerprint density at radius 2 is 1.67 bits per heavy atom. The Morgan fingerprint density at radius 3 is 2.31 bits per heavy atom. The van der Waals surface area contributed by atoms with Crippen LogP contribution in [0.4, 0.5) is 0 Å². The van der Waals surface area contributed by atoms with Gasteiger partial charge in [0.25, 0.3) is 0 Å². The maximum Gasteiger partial charge on any atom is 0.303 e. The summed E-state index contributed by atoms with van der Waals surface area (Å²) in [6.45, 7) is 5.79. The topological polar surface area (TPSA) is 104 Å². The van der Waals surface area contributed by atoms with Gasteiger partial charge in [-0.15, -0.1) is 0 Å². The van der Waals surface area contributed by atoms with Gasteiger partial charge in [0.1, 0.15) is 0 Å². The first-order valence-corrected chi connectivity index (χ1v) is 13.9. The van der Waals surface area contributed by atoms with Gasteiger partial charge in [0, 0.05) is 37.2 Å². The summed E-state index contributed by atoms with van der Waals surface area (Å²) in [5, 5.41) is 0. The zero-order valence-corrected chi connectivity index (χ0v) is 23.1. The van der Waals surface area contributed by atoms with Crippen LogP contribution < -0.4 is 0 Å². The highest BCUT2D eigenvalue weighted by Gasteiger charge is 2.66. The fourth-order valence-electron chi connectivity index (χ4n) is 8.08. The van der Waals surface area contributed by atoms with Gasteiger partial charge in [0.05, 0.1) is 0 Å². The Hall–Kier alpha value is -3.35. The summed E-state index contributed by atoms with van der Waals surface area (Å²) in [5.41, 5.74) is 3.49. The van der Waals surface area contributed by atoms with E-state index in [0.29, 0.717) is 24.8 Å². The molecule has 206 valence electrons. The molecule has 4 aliphatic rings. The molecule has 5 atom stereocenters. The molecule has 1 unspecified atom stereocenters. The lowest BCUT2D eigenvalue weighted by molar-refractivity contribution is -0.185. The van der Waals surface area contributed by atoms with Crippen LogP contribution in [-0.4, -0.2) is 41.5 Å². The molecule has 0 heterocycles. The van der Waals surface area contributed by atoms with E-state index in [1.165, 1.54) is 25.0 Å². The van der Waals surface area contributed by atoms with Gasteiger partial charge >= 0.3 is 11.9 Å². The lowest BCUT2D eigenvalue weighted by Gasteiger charge is -2.52. The molecule has 39 heavy (non-hydrogen) atoms. The highest BCUT2D eigenvalue weighted by molar-refractivity contribution is 5.96. The SMILES string of the molecule is CC(=O)OCC(=O)[C@@]1(OC(C)=O)CC[C@H]2[C@@H]3CCC4=CC(=O)CC(c5ccc(C(C)=O)cc5)C4=C3CC[C@@]21C. The summed E-state index contributed by atoms with van der Waals surface area (Å²) in [5.74, 6) is -1.00. The number of hydrogen-bond donors (Lipinski definition) is 0. The van der Waals surface area contributed by atoms with E-state index in [4.69, 9.17) is 9.47 Å². The number of Topliss-reactive ketones (excluding diaryl/α,β-unsaturated/α-hetero) is 2. The molecule has 0 N–H and O–H groups in total. The summed E-state index contributed by atoms with van der Waals surface area (Å²) in [4.78, 5) is 61.9. The van der Waals surface area contributed by atoms with Crippen molar-refractivity contribution >= 4 is 29.3 Å². The molecule has 0 saturated heterocycles. The molecule has 1 aromatic carbocycles. The third-order valence-corrected chi connectivity index (χ3v) is 9.80. The van der Waals surface area contributed by atoms with Crippen molar-refractivity contribution in [3.63, 3.8) is 0 Å². The fourth-order valence-corrected chi connectivity index (χ4v) is 8.08. The van der Waals surface area contributed by atoms with Crippen molar-refractivity contribution in [1.29, 1.82) is 0 Å². The van der Waals surface area contributed by atoms with Gasteiger partial charge in [-0.3, -0.25) is 24.0 Å². The number of carbonyl (C=O) groups is 5. The van der Waals surface area contributed by atoms with Gasteiger partial charge in [-0.25, -0.2) is 0 Å². The summed E-state index contributed by atoms with van der Waals surface area (Å²) >= 11 is 0. The zero-order chi connectivity index (χ0) is 28.1. The molecule has 7 heteroatoms. The van der Waals surface area contributed by atoms with Crippen molar-refractivity contribution in [3.05, 3.63) is 58.2 Å². The number of esters is 2. The van der Waals surface area contributed by atoms with Crippen molar-refractivity contribution in [1.82, 2.24) is 0 Å². The van der Waals surface area contributed by atoms with Crippen LogP contribution >= 0.6 is 0 Å². The highest BCUT2D eigenvalue weighted by Crippen LogP contribution is 2.65. The molecule has 0 aliphatic heterocycles. The number of hydrogen-bond acceptors (Lipinski definition) is 7. The molecular formula is C32H36O7. The van der Waals surface area contributed by atoms with Crippen molar-refractivity contribution < 1.29 is 33.4 Å². The molecular weight excluding hydrogens is 496 g/mol. The quantitative estimate of drug-likeness (QED) is 0.365. The second kappa shape index (κ2) is 10.00. The highest BCUT2D eigenvalue weighted by atomic mass is 16.6. The molecule has 7 nitrogen and oxygen atoms in total. The molecule has 1 aromatic rings. The molecule has 2 saturated carbocycles.